The highest BCUT2D eigenvalue weighted by atomic mass is 16.2. The third-order valence-corrected chi connectivity index (χ3v) is 3.70. The molecule has 4 heteroatoms. The summed E-state index contributed by atoms with van der Waals surface area (Å²) in [6.45, 7) is 7.59. The van der Waals surface area contributed by atoms with Crippen molar-refractivity contribution in [3.05, 3.63) is 29.3 Å². The number of nitrogens with two attached hydrogens (primary N) is 1. The zero-order chi connectivity index (χ0) is 14.0. The number of hydrogen-bond acceptors (Lipinski definition) is 3. The molecule has 1 aliphatic rings. The van der Waals surface area contributed by atoms with Crippen LogP contribution in [0.1, 0.15) is 24.5 Å². The van der Waals surface area contributed by atoms with Crippen LogP contribution >= 0.6 is 0 Å². The summed E-state index contributed by atoms with van der Waals surface area (Å²) in [5.74, 6) is 0.0897. The first-order valence-electron chi connectivity index (χ1n) is 6.88. The van der Waals surface area contributed by atoms with E-state index in [9.17, 15) is 4.79 Å². The van der Waals surface area contributed by atoms with Crippen LogP contribution in [-0.4, -0.2) is 31.1 Å². The minimum absolute atomic E-state index is 0.0897. The molecule has 2 rings (SSSR count). The van der Waals surface area contributed by atoms with Gasteiger partial charge in [0.1, 0.15) is 6.04 Å². The van der Waals surface area contributed by atoms with E-state index in [0.717, 1.165) is 6.54 Å². The predicted octanol–water partition coefficient (Wildman–Crippen LogP) is 1.35. The molecule has 104 valence electrons. The lowest BCUT2D eigenvalue weighted by Gasteiger charge is -2.41. The molecule has 0 aliphatic carbocycles. The molecule has 0 radical (unpaired) electrons. The normalized spacial score (nSPS) is 23.4. The van der Waals surface area contributed by atoms with Crippen molar-refractivity contribution < 1.29 is 4.79 Å². The second kappa shape index (κ2) is 5.61. The van der Waals surface area contributed by atoms with E-state index < -0.39 is 0 Å². The summed E-state index contributed by atoms with van der Waals surface area (Å²) < 4.78 is 0. The Morgan fingerprint density at radius 1 is 1.37 bits per heavy atom. The van der Waals surface area contributed by atoms with E-state index in [1.54, 1.807) is 0 Å². The topological polar surface area (TPSA) is 58.4 Å². The van der Waals surface area contributed by atoms with Gasteiger partial charge >= 0.3 is 0 Å². The van der Waals surface area contributed by atoms with E-state index in [1.807, 2.05) is 6.92 Å². The molecule has 1 aromatic carbocycles. The predicted molar refractivity (Wildman–Crippen MR) is 78.3 cm³/mol. The van der Waals surface area contributed by atoms with Crippen LogP contribution in [0.5, 0.6) is 0 Å². The smallest absolute Gasteiger partial charge is 0.243 e. The molecule has 19 heavy (non-hydrogen) atoms. The Morgan fingerprint density at radius 3 is 2.58 bits per heavy atom. The quantitative estimate of drug-likeness (QED) is 0.863. The van der Waals surface area contributed by atoms with Gasteiger partial charge in [0, 0.05) is 18.3 Å². The Labute approximate surface area is 115 Å². The van der Waals surface area contributed by atoms with Crippen LogP contribution in [0.25, 0.3) is 0 Å². The molecule has 2 unspecified atom stereocenters. The van der Waals surface area contributed by atoms with Crippen molar-refractivity contribution in [3.8, 4) is 0 Å². The molecule has 0 spiro atoms. The van der Waals surface area contributed by atoms with Crippen LogP contribution < -0.4 is 16.0 Å². The van der Waals surface area contributed by atoms with E-state index in [1.165, 1.54) is 16.8 Å². The van der Waals surface area contributed by atoms with Crippen molar-refractivity contribution in [3.63, 3.8) is 0 Å². The maximum atomic E-state index is 12.2. The van der Waals surface area contributed by atoms with Crippen molar-refractivity contribution in [1.29, 1.82) is 0 Å². The first-order chi connectivity index (χ1) is 9.04. The SMILES string of the molecule is Cc1cccc(C)c1N1CC(C)NC(=O)C1CCN. The Balaban J connectivity index is 2.40. The molecule has 3 N–H and O–H groups in total. The highest BCUT2D eigenvalue weighted by Crippen LogP contribution is 2.29. The van der Waals surface area contributed by atoms with Gasteiger partial charge in [-0.15, -0.1) is 0 Å². The van der Waals surface area contributed by atoms with Gasteiger partial charge in [0.05, 0.1) is 0 Å². The number of nitrogens with one attached hydrogen (secondary N) is 1. The standard InChI is InChI=1S/C15H23N3O/c1-10-5-4-6-11(2)14(10)18-9-12(3)17-15(19)13(18)7-8-16/h4-6,12-13H,7-9,16H2,1-3H3,(H,17,19). The van der Waals surface area contributed by atoms with Crippen LogP contribution in [0.2, 0.25) is 0 Å². The van der Waals surface area contributed by atoms with Crippen LogP contribution in [0.3, 0.4) is 0 Å². The van der Waals surface area contributed by atoms with E-state index in [4.69, 9.17) is 5.73 Å². The summed E-state index contributed by atoms with van der Waals surface area (Å²) in [4.78, 5) is 14.4. The lowest BCUT2D eigenvalue weighted by atomic mass is 10.0. The molecule has 1 fully saturated rings. The Morgan fingerprint density at radius 2 is 2.00 bits per heavy atom. The summed E-state index contributed by atoms with van der Waals surface area (Å²) in [6, 6.07) is 6.26. The molecule has 0 bridgehead atoms. The molecule has 0 aromatic heterocycles. The van der Waals surface area contributed by atoms with Crippen LogP contribution in [0.4, 0.5) is 5.69 Å². The minimum Gasteiger partial charge on any atom is -0.357 e. The number of benzene rings is 1. The zero-order valence-electron chi connectivity index (χ0n) is 11.9. The second-order valence-electron chi connectivity index (χ2n) is 5.40. The number of hydrogen-bond donors (Lipinski definition) is 2. The van der Waals surface area contributed by atoms with Crippen molar-refractivity contribution in [2.24, 2.45) is 5.73 Å². The minimum atomic E-state index is -0.152. The fourth-order valence-electron chi connectivity index (χ4n) is 2.90. The van der Waals surface area contributed by atoms with Crippen molar-refractivity contribution in [1.82, 2.24) is 5.32 Å². The van der Waals surface area contributed by atoms with Crippen molar-refractivity contribution >= 4 is 11.6 Å². The van der Waals surface area contributed by atoms with Gasteiger partial charge in [-0.05, 0) is 44.9 Å². The molecule has 1 saturated heterocycles. The summed E-state index contributed by atoms with van der Waals surface area (Å²) in [6.07, 6.45) is 0.687. The Kier molecular flexibility index (Phi) is 4.10. The van der Waals surface area contributed by atoms with Gasteiger partial charge in [-0.25, -0.2) is 0 Å². The first-order valence-corrected chi connectivity index (χ1v) is 6.88. The van der Waals surface area contributed by atoms with E-state index in [2.05, 4.69) is 42.3 Å². The molecule has 1 aliphatic heterocycles. The number of piperazine rings is 1. The van der Waals surface area contributed by atoms with Crippen LogP contribution in [0, 0.1) is 13.8 Å². The average Bonchev–Trinajstić information content (AvgIpc) is 2.33. The van der Waals surface area contributed by atoms with Gasteiger partial charge in [0.15, 0.2) is 0 Å². The largest absolute Gasteiger partial charge is 0.357 e. The van der Waals surface area contributed by atoms with Gasteiger partial charge in [0.2, 0.25) is 5.91 Å². The average molecular weight is 261 g/mol. The molecule has 1 amide bonds. The number of nitrogens with zero attached hydrogens (tertiary/aromatic N) is 1. The van der Waals surface area contributed by atoms with Gasteiger partial charge < -0.3 is 16.0 Å². The Bertz CT molecular complexity index is 452. The molecular formula is C15H23N3O. The summed E-state index contributed by atoms with van der Waals surface area (Å²) >= 11 is 0. The molecule has 1 aromatic rings. The number of rotatable bonds is 3. The second-order valence-corrected chi connectivity index (χ2v) is 5.40. The zero-order valence-corrected chi connectivity index (χ0v) is 11.9. The summed E-state index contributed by atoms with van der Waals surface area (Å²) in [7, 11) is 0. The molecule has 0 saturated carbocycles. The monoisotopic (exact) mass is 261 g/mol. The number of para-hydroxylation sites is 1. The Hall–Kier alpha value is -1.55. The maximum absolute atomic E-state index is 12.2. The van der Waals surface area contributed by atoms with Crippen molar-refractivity contribution in [2.75, 3.05) is 18.0 Å². The summed E-state index contributed by atoms with van der Waals surface area (Å²) in [5.41, 5.74) is 9.27. The lowest BCUT2D eigenvalue weighted by molar-refractivity contribution is -0.124. The van der Waals surface area contributed by atoms with Crippen molar-refractivity contribution in [2.45, 2.75) is 39.3 Å². The van der Waals surface area contributed by atoms with E-state index in [-0.39, 0.29) is 18.0 Å². The molecule has 4 nitrogen and oxygen atoms in total. The number of aryl methyl sites for hydroxylation is 2. The number of carbonyl (C=O) groups is 1. The molecule has 1 heterocycles. The molecular weight excluding hydrogens is 238 g/mol. The van der Waals surface area contributed by atoms with E-state index >= 15 is 0 Å². The third-order valence-electron chi connectivity index (χ3n) is 3.70. The van der Waals surface area contributed by atoms with E-state index in [0.29, 0.717) is 13.0 Å². The maximum Gasteiger partial charge on any atom is 0.243 e. The van der Waals surface area contributed by atoms with Crippen LogP contribution in [-0.2, 0) is 4.79 Å². The number of amides is 1. The highest BCUT2D eigenvalue weighted by molar-refractivity contribution is 5.87. The number of carbonyl (C=O) groups excluding carboxylic acids is 1. The van der Waals surface area contributed by atoms with Gasteiger partial charge in [-0.3, -0.25) is 4.79 Å². The third kappa shape index (κ3) is 2.73. The fourth-order valence-corrected chi connectivity index (χ4v) is 2.90. The summed E-state index contributed by atoms with van der Waals surface area (Å²) in [5, 5.41) is 3.02. The lowest BCUT2D eigenvalue weighted by Crippen LogP contribution is -2.60. The van der Waals surface area contributed by atoms with Crippen LogP contribution in [0.15, 0.2) is 18.2 Å². The number of anilines is 1. The highest BCUT2D eigenvalue weighted by Gasteiger charge is 2.33. The molecule has 2 atom stereocenters. The van der Waals surface area contributed by atoms with Gasteiger partial charge in [-0.1, -0.05) is 18.2 Å². The van der Waals surface area contributed by atoms with Gasteiger partial charge in [-0.2, -0.15) is 0 Å². The first kappa shape index (κ1) is 13.9. The fraction of sp³-hybridized carbons (Fsp3) is 0.533. The van der Waals surface area contributed by atoms with Gasteiger partial charge in [0.25, 0.3) is 0 Å².